The summed E-state index contributed by atoms with van der Waals surface area (Å²) in [5, 5.41) is 16.0. The maximum Gasteiger partial charge on any atom is 0.229 e. The van der Waals surface area contributed by atoms with Crippen LogP contribution in [0.25, 0.3) is 0 Å². The fourth-order valence-corrected chi connectivity index (χ4v) is 3.22. The second kappa shape index (κ2) is 8.15. The number of hydrogen-bond acceptors (Lipinski definition) is 4. The first-order valence-corrected chi connectivity index (χ1v) is 9.39. The molecule has 4 rings (SSSR count). The van der Waals surface area contributed by atoms with Gasteiger partial charge in [0.25, 0.3) is 0 Å². The van der Waals surface area contributed by atoms with E-state index in [0.717, 1.165) is 16.8 Å². The van der Waals surface area contributed by atoms with Crippen LogP contribution in [0.5, 0.6) is 0 Å². The Morgan fingerprint density at radius 1 is 1.10 bits per heavy atom. The summed E-state index contributed by atoms with van der Waals surface area (Å²) in [5.41, 5.74) is 3.50. The summed E-state index contributed by atoms with van der Waals surface area (Å²) in [6.07, 6.45) is 1.31. The first-order chi connectivity index (χ1) is 14.1. The van der Waals surface area contributed by atoms with E-state index in [9.17, 15) is 9.18 Å². The van der Waals surface area contributed by atoms with Crippen molar-refractivity contribution in [1.82, 2.24) is 9.78 Å². The highest BCUT2D eigenvalue weighted by Crippen LogP contribution is 2.23. The number of aromatic nitrogens is 2. The summed E-state index contributed by atoms with van der Waals surface area (Å²) in [6.45, 7) is 1.43. The molecular formula is C22H20FN5O. The molecule has 29 heavy (non-hydrogen) atoms. The van der Waals surface area contributed by atoms with E-state index in [1.165, 1.54) is 0 Å². The first kappa shape index (κ1) is 18.7. The highest BCUT2D eigenvalue weighted by atomic mass is 19.1. The highest BCUT2D eigenvalue weighted by Gasteiger charge is 2.26. The standard InChI is InChI=1S/C22H20FN5O/c23-19-14-27(15-19)20-7-5-16(6-8-20)11-22(29)25-21-9-10-28(26-21)13-18-3-1-17(12-24)2-4-18/h1-10,19H,11,13-15H2,(H,25,26,29). The van der Waals surface area contributed by atoms with Gasteiger partial charge in [0, 0.05) is 18.0 Å². The monoisotopic (exact) mass is 389 g/mol. The van der Waals surface area contributed by atoms with Gasteiger partial charge < -0.3 is 10.2 Å². The minimum Gasteiger partial charge on any atom is -0.366 e. The largest absolute Gasteiger partial charge is 0.366 e. The topological polar surface area (TPSA) is 74.0 Å². The van der Waals surface area contributed by atoms with E-state index < -0.39 is 6.17 Å². The number of halogens is 1. The van der Waals surface area contributed by atoms with Gasteiger partial charge in [-0.3, -0.25) is 9.48 Å². The number of nitrogens with zero attached hydrogens (tertiary/aromatic N) is 4. The fourth-order valence-electron chi connectivity index (χ4n) is 3.22. The highest BCUT2D eigenvalue weighted by molar-refractivity contribution is 5.91. The van der Waals surface area contributed by atoms with Gasteiger partial charge in [0.2, 0.25) is 5.91 Å². The second-order valence-electron chi connectivity index (χ2n) is 7.10. The van der Waals surface area contributed by atoms with Crippen molar-refractivity contribution < 1.29 is 9.18 Å². The molecule has 0 saturated carbocycles. The van der Waals surface area contributed by atoms with E-state index in [0.29, 0.717) is 31.0 Å². The quantitative estimate of drug-likeness (QED) is 0.703. The molecule has 1 amide bonds. The van der Waals surface area contributed by atoms with E-state index in [1.807, 2.05) is 41.3 Å². The van der Waals surface area contributed by atoms with Gasteiger partial charge in [0.15, 0.2) is 5.82 Å². The van der Waals surface area contributed by atoms with Gasteiger partial charge in [0.1, 0.15) is 6.17 Å². The number of carbonyl (C=O) groups is 1. The molecule has 0 spiro atoms. The van der Waals surface area contributed by atoms with Crippen LogP contribution >= 0.6 is 0 Å². The molecule has 1 fully saturated rings. The number of anilines is 2. The molecule has 1 aromatic heterocycles. The van der Waals surface area contributed by atoms with Crippen molar-refractivity contribution in [2.24, 2.45) is 0 Å². The summed E-state index contributed by atoms with van der Waals surface area (Å²) >= 11 is 0. The van der Waals surface area contributed by atoms with Crippen LogP contribution < -0.4 is 10.2 Å². The molecular weight excluding hydrogens is 369 g/mol. The summed E-state index contributed by atoms with van der Waals surface area (Å²) in [6, 6.07) is 18.8. The molecule has 0 radical (unpaired) electrons. The lowest BCUT2D eigenvalue weighted by molar-refractivity contribution is -0.115. The van der Waals surface area contributed by atoms with Gasteiger partial charge in [-0.2, -0.15) is 10.4 Å². The molecule has 1 N–H and O–H groups in total. The number of hydrogen-bond donors (Lipinski definition) is 1. The third kappa shape index (κ3) is 4.61. The average Bonchev–Trinajstić information content (AvgIpc) is 3.13. The van der Waals surface area contributed by atoms with Crippen LogP contribution in [-0.4, -0.2) is 34.9 Å². The SMILES string of the molecule is N#Cc1ccc(Cn2ccc(NC(=O)Cc3ccc(N4CC(F)C4)cc3)n2)cc1. The Kier molecular flexibility index (Phi) is 5.25. The van der Waals surface area contributed by atoms with Gasteiger partial charge in [0.05, 0.1) is 37.7 Å². The van der Waals surface area contributed by atoms with Gasteiger partial charge in [-0.1, -0.05) is 24.3 Å². The number of nitriles is 1. The van der Waals surface area contributed by atoms with E-state index in [-0.39, 0.29) is 12.3 Å². The molecule has 146 valence electrons. The van der Waals surface area contributed by atoms with Gasteiger partial charge in [-0.05, 0) is 35.4 Å². The van der Waals surface area contributed by atoms with Crippen LogP contribution in [-0.2, 0) is 17.8 Å². The minimum absolute atomic E-state index is 0.144. The van der Waals surface area contributed by atoms with Crippen molar-refractivity contribution >= 4 is 17.4 Å². The summed E-state index contributed by atoms with van der Waals surface area (Å²) in [4.78, 5) is 14.3. The lowest BCUT2D eigenvalue weighted by atomic mass is 10.1. The zero-order chi connectivity index (χ0) is 20.2. The molecule has 7 heteroatoms. The van der Waals surface area contributed by atoms with E-state index in [1.54, 1.807) is 29.1 Å². The Labute approximate surface area is 168 Å². The number of rotatable bonds is 6. The molecule has 2 aromatic carbocycles. The van der Waals surface area contributed by atoms with Gasteiger partial charge in [-0.15, -0.1) is 0 Å². The minimum atomic E-state index is -0.739. The molecule has 0 atom stereocenters. The summed E-state index contributed by atoms with van der Waals surface area (Å²) < 4.78 is 14.7. The molecule has 0 aliphatic carbocycles. The Balaban J connectivity index is 1.30. The number of alkyl halides is 1. The van der Waals surface area contributed by atoms with Crippen LogP contribution in [0.1, 0.15) is 16.7 Å². The van der Waals surface area contributed by atoms with Gasteiger partial charge >= 0.3 is 0 Å². The van der Waals surface area contributed by atoms with Crippen LogP contribution in [0.4, 0.5) is 15.9 Å². The smallest absolute Gasteiger partial charge is 0.229 e. The van der Waals surface area contributed by atoms with E-state index in [2.05, 4.69) is 16.5 Å². The van der Waals surface area contributed by atoms with Crippen molar-refractivity contribution in [2.45, 2.75) is 19.1 Å². The van der Waals surface area contributed by atoms with Crippen molar-refractivity contribution in [3.05, 3.63) is 77.5 Å². The maximum absolute atomic E-state index is 13.0. The molecule has 1 aliphatic heterocycles. The lowest BCUT2D eigenvalue weighted by Crippen LogP contribution is -2.48. The lowest BCUT2D eigenvalue weighted by Gasteiger charge is -2.36. The molecule has 2 heterocycles. The van der Waals surface area contributed by atoms with Crippen LogP contribution in [0.2, 0.25) is 0 Å². The summed E-state index contributed by atoms with van der Waals surface area (Å²) in [7, 11) is 0. The predicted octanol–water partition coefficient (Wildman–Crippen LogP) is 3.14. The van der Waals surface area contributed by atoms with Crippen molar-refractivity contribution in [1.29, 1.82) is 5.26 Å². The Hall–Kier alpha value is -3.66. The number of carbonyl (C=O) groups excluding carboxylic acids is 1. The first-order valence-electron chi connectivity index (χ1n) is 9.39. The van der Waals surface area contributed by atoms with Crippen molar-refractivity contribution in [2.75, 3.05) is 23.3 Å². The van der Waals surface area contributed by atoms with Crippen molar-refractivity contribution in [3.63, 3.8) is 0 Å². The number of nitrogens with one attached hydrogen (secondary N) is 1. The predicted molar refractivity (Wildman–Crippen MR) is 108 cm³/mol. The number of amides is 1. The van der Waals surface area contributed by atoms with Crippen LogP contribution in [0, 0.1) is 11.3 Å². The summed E-state index contributed by atoms with van der Waals surface area (Å²) in [5.74, 6) is 0.351. The Morgan fingerprint density at radius 2 is 1.79 bits per heavy atom. The zero-order valence-electron chi connectivity index (χ0n) is 15.8. The fraction of sp³-hybridized carbons (Fsp3) is 0.227. The second-order valence-corrected chi connectivity index (χ2v) is 7.10. The Bertz CT molecular complexity index is 1030. The number of benzene rings is 2. The molecule has 6 nitrogen and oxygen atoms in total. The average molecular weight is 389 g/mol. The molecule has 0 unspecified atom stereocenters. The third-order valence-corrected chi connectivity index (χ3v) is 4.84. The normalized spacial score (nSPS) is 13.6. The maximum atomic E-state index is 13.0. The van der Waals surface area contributed by atoms with Crippen LogP contribution in [0.3, 0.4) is 0 Å². The van der Waals surface area contributed by atoms with E-state index >= 15 is 0 Å². The third-order valence-electron chi connectivity index (χ3n) is 4.84. The van der Waals surface area contributed by atoms with Crippen molar-refractivity contribution in [3.8, 4) is 6.07 Å². The zero-order valence-corrected chi connectivity index (χ0v) is 15.8. The van der Waals surface area contributed by atoms with Gasteiger partial charge in [-0.25, -0.2) is 4.39 Å². The van der Waals surface area contributed by atoms with E-state index in [4.69, 9.17) is 5.26 Å². The molecule has 1 aliphatic rings. The molecule has 3 aromatic rings. The molecule has 1 saturated heterocycles. The molecule has 0 bridgehead atoms. The van der Waals surface area contributed by atoms with Crippen LogP contribution in [0.15, 0.2) is 60.8 Å². The Morgan fingerprint density at radius 3 is 2.45 bits per heavy atom.